The first kappa shape index (κ1) is 20.1. The summed E-state index contributed by atoms with van der Waals surface area (Å²) in [6, 6.07) is 16.2. The fraction of sp³-hybridized carbons (Fsp3) is 0.136. The van der Waals surface area contributed by atoms with Gasteiger partial charge in [0.05, 0.1) is 36.7 Å². The van der Waals surface area contributed by atoms with Crippen molar-refractivity contribution in [2.45, 2.75) is 6.54 Å². The Bertz CT molecular complexity index is 1200. The number of nitrogens with zero attached hydrogens (tertiary/aromatic N) is 3. The number of fused-ring (bicyclic) bond motifs is 1. The van der Waals surface area contributed by atoms with E-state index in [1.54, 1.807) is 42.5 Å². The number of aromatic nitrogens is 2. The molecule has 2 aromatic carbocycles. The van der Waals surface area contributed by atoms with E-state index < -0.39 is 0 Å². The Hall–Kier alpha value is -3.16. The molecule has 0 unspecified atom stereocenters. The molecular weight excluding hydrogens is 422 g/mol. The number of carbonyl (C=O) groups excluding carboxylic acids is 1. The van der Waals surface area contributed by atoms with Crippen molar-refractivity contribution in [3.8, 4) is 11.5 Å². The molecule has 0 saturated carbocycles. The summed E-state index contributed by atoms with van der Waals surface area (Å²) in [6.07, 6.45) is 1.70. The predicted octanol–water partition coefficient (Wildman–Crippen LogP) is 5.21. The summed E-state index contributed by atoms with van der Waals surface area (Å²) in [4.78, 5) is 24.1. The van der Waals surface area contributed by atoms with Crippen LogP contribution in [0.3, 0.4) is 0 Å². The van der Waals surface area contributed by atoms with E-state index in [4.69, 9.17) is 21.1 Å². The summed E-state index contributed by atoms with van der Waals surface area (Å²) in [5.41, 5.74) is 2.00. The summed E-state index contributed by atoms with van der Waals surface area (Å²) in [5.74, 6) is 0.823. The standard InChI is InChI=1S/C22H18ClN3O3S/c1-28-18-9-6-14(11-19(18)29-2)21(27)26(13-16-5-3-4-10-24-16)22-25-17-8-7-15(23)12-20(17)30-22/h3-12H,13H2,1-2H3. The van der Waals surface area contributed by atoms with E-state index in [2.05, 4.69) is 9.97 Å². The molecule has 6 nitrogen and oxygen atoms in total. The van der Waals surface area contributed by atoms with Crippen molar-refractivity contribution in [3.05, 3.63) is 77.1 Å². The molecular formula is C22H18ClN3O3S. The molecule has 0 N–H and O–H groups in total. The lowest BCUT2D eigenvalue weighted by molar-refractivity contribution is 0.0984. The number of hydrogen-bond acceptors (Lipinski definition) is 6. The number of methoxy groups -OCH3 is 2. The number of carbonyl (C=O) groups is 1. The van der Waals surface area contributed by atoms with Gasteiger partial charge in [0.2, 0.25) is 0 Å². The van der Waals surface area contributed by atoms with Crippen LogP contribution < -0.4 is 14.4 Å². The molecule has 0 fully saturated rings. The molecule has 1 amide bonds. The minimum absolute atomic E-state index is 0.216. The zero-order valence-electron chi connectivity index (χ0n) is 16.3. The highest BCUT2D eigenvalue weighted by molar-refractivity contribution is 7.22. The third-order valence-corrected chi connectivity index (χ3v) is 5.77. The van der Waals surface area contributed by atoms with Crippen LogP contribution in [0.4, 0.5) is 5.13 Å². The van der Waals surface area contributed by atoms with Crippen LogP contribution in [0.2, 0.25) is 5.02 Å². The van der Waals surface area contributed by atoms with Gasteiger partial charge in [-0.05, 0) is 48.5 Å². The highest BCUT2D eigenvalue weighted by atomic mass is 35.5. The molecule has 0 spiro atoms. The van der Waals surface area contributed by atoms with Gasteiger partial charge in [-0.2, -0.15) is 0 Å². The maximum Gasteiger partial charge on any atom is 0.260 e. The first-order chi connectivity index (χ1) is 14.6. The van der Waals surface area contributed by atoms with Gasteiger partial charge < -0.3 is 9.47 Å². The molecule has 0 radical (unpaired) electrons. The second-order valence-electron chi connectivity index (χ2n) is 6.39. The quantitative estimate of drug-likeness (QED) is 0.412. The van der Waals surface area contributed by atoms with Gasteiger partial charge in [0, 0.05) is 16.8 Å². The third kappa shape index (κ3) is 4.08. The molecule has 30 heavy (non-hydrogen) atoms. The van der Waals surface area contributed by atoms with Crippen LogP contribution >= 0.6 is 22.9 Å². The molecule has 152 valence electrons. The van der Waals surface area contributed by atoms with Crippen molar-refractivity contribution in [2.24, 2.45) is 0 Å². The number of hydrogen-bond donors (Lipinski definition) is 0. The van der Waals surface area contributed by atoms with Crippen molar-refractivity contribution in [1.82, 2.24) is 9.97 Å². The van der Waals surface area contributed by atoms with E-state index >= 15 is 0 Å². The van der Waals surface area contributed by atoms with Crippen molar-refractivity contribution in [3.63, 3.8) is 0 Å². The highest BCUT2D eigenvalue weighted by Crippen LogP contribution is 2.33. The monoisotopic (exact) mass is 439 g/mol. The SMILES string of the molecule is COc1ccc(C(=O)N(Cc2ccccn2)c2nc3ccc(Cl)cc3s2)cc1OC. The van der Waals surface area contributed by atoms with Gasteiger partial charge in [0.15, 0.2) is 16.6 Å². The summed E-state index contributed by atoms with van der Waals surface area (Å²) >= 11 is 7.53. The van der Waals surface area contributed by atoms with Gasteiger partial charge in [-0.25, -0.2) is 4.98 Å². The number of anilines is 1. The number of pyridine rings is 1. The zero-order valence-corrected chi connectivity index (χ0v) is 17.9. The number of amides is 1. The molecule has 4 aromatic rings. The number of halogens is 1. The Morgan fingerprint density at radius 2 is 1.90 bits per heavy atom. The molecule has 0 aliphatic heterocycles. The fourth-order valence-electron chi connectivity index (χ4n) is 3.01. The number of rotatable bonds is 6. The Labute approximate surface area is 182 Å². The van der Waals surface area contributed by atoms with Gasteiger partial charge in [-0.15, -0.1) is 0 Å². The van der Waals surface area contributed by atoms with E-state index in [1.807, 2.05) is 30.3 Å². The van der Waals surface area contributed by atoms with Crippen LogP contribution in [0.5, 0.6) is 11.5 Å². The zero-order chi connectivity index (χ0) is 21.1. The van der Waals surface area contributed by atoms with Gasteiger partial charge in [-0.3, -0.25) is 14.7 Å². The van der Waals surface area contributed by atoms with E-state index in [-0.39, 0.29) is 12.5 Å². The van der Waals surface area contributed by atoms with E-state index in [0.29, 0.717) is 27.2 Å². The summed E-state index contributed by atoms with van der Waals surface area (Å²) < 4.78 is 11.5. The van der Waals surface area contributed by atoms with Crippen LogP contribution in [-0.2, 0) is 6.54 Å². The lowest BCUT2D eigenvalue weighted by Crippen LogP contribution is -2.30. The Morgan fingerprint density at radius 3 is 2.63 bits per heavy atom. The van der Waals surface area contributed by atoms with Crippen LogP contribution in [0.1, 0.15) is 16.1 Å². The van der Waals surface area contributed by atoms with Crippen LogP contribution in [0.15, 0.2) is 60.8 Å². The molecule has 2 heterocycles. The number of thiazole rings is 1. The molecule has 0 atom stereocenters. The van der Waals surface area contributed by atoms with Crippen LogP contribution in [0.25, 0.3) is 10.2 Å². The molecule has 8 heteroatoms. The van der Waals surface area contributed by atoms with Crippen LogP contribution in [-0.4, -0.2) is 30.1 Å². The summed E-state index contributed by atoms with van der Waals surface area (Å²) in [7, 11) is 3.09. The minimum Gasteiger partial charge on any atom is -0.493 e. The topological polar surface area (TPSA) is 64.5 Å². The van der Waals surface area contributed by atoms with Crippen molar-refractivity contribution < 1.29 is 14.3 Å². The average Bonchev–Trinajstić information content (AvgIpc) is 3.20. The second kappa shape index (κ2) is 8.69. The summed E-state index contributed by atoms with van der Waals surface area (Å²) in [6.45, 7) is 0.279. The summed E-state index contributed by atoms with van der Waals surface area (Å²) in [5, 5.41) is 1.19. The van der Waals surface area contributed by atoms with E-state index in [9.17, 15) is 4.79 Å². The largest absolute Gasteiger partial charge is 0.493 e. The molecule has 4 rings (SSSR count). The molecule has 0 aliphatic rings. The third-order valence-electron chi connectivity index (χ3n) is 4.49. The van der Waals surface area contributed by atoms with E-state index in [0.717, 1.165) is 15.9 Å². The minimum atomic E-state index is -0.216. The van der Waals surface area contributed by atoms with Crippen LogP contribution in [0, 0.1) is 0 Å². The van der Waals surface area contributed by atoms with Gasteiger partial charge >= 0.3 is 0 Å². The van der Waals surface area contributed by atoms with Gasteiger partial charge in [0.1, 0.15) is 0 Å². The molecule has 0 bridgehead atoms. The molecule has 0 aliphatic carbocycles. The van der Waals surface area contributed by atoms with E-state index in [1.165, 1.54) is 18.4 Å². The predicted molar refractivity (Wildman–Crippen MR) is 119 cm³/mol. The van der Waals surface area contributed by atoms with Gasteiger partial charge in [-0.1, -0.05) is 29.0 Å². The average molecular weight is 440 g/mol. The Balaban J connectivity index is 1.77. The number of benzene rings is 2. The highest BCUT2D eigenvalue weighted by Gasteiger charge is 2.23. The van der Waals surface area contributed by atoms with Crippen molar-refractivity contribution in [2.75, 3.05) is 19.1 Å². The second-order valence-corrected chi connectivity index (χ2v) is 7.84. The first-order valence-electron chi connectivity index (χ1n) is 9.09. The smallest absolute Gasteiger partial charge is 0.260 e. The lowest BCUT2D eigenvalue weighted by atomic mass is 10.1. The maximum atomic E-state index is 13.5. The van der Waals surface area contributed by atoms with Crippen molar-refractivity contribution >= 4 is 44.2 Å². The van der Waals surface area contributed by atoms with Gasteiger partial charge in [0.25, 0.3) is 5.91 Å². The maximum absolute atomic E-state index is 13.5. The first-order valence-corrected chi connectivity index (χ1v) is 10.3. The van der Waals surface area contributed by atoms with Crippen molar-refractivity contribution in [1.29, 1.82) is 0 Å². The fourth-order valence-corrected chi connectivity index (χ4v) is 4.25. The molecule has 2 aromatic heterocycles. The number of ether oxygens (including phenoxy) is 2. The lowest BCUT2D eigenvalue weighted by Gasteiger charge is -2.20. The normalized spacial score (nSPS) is 10.8. The molecule has 0 saturated heterocycles. The Kier molecular flexibility index (Phi) is 5.83. The Morgan fingerprint density at radius 1 is 1.07 bits per heavy atom.